The van der Waals surface area contributed by atoms with Gasteiger partial charge in [-0.3, -0.25) is 9.59 Å². The third-order valence-electron chi connectivity index (χ3n) is 5.40. The molecule has 0 bridgehead atoms. The van der Waals surface area contributed by atoms with E-state index in [0.29, 0.717) is 18.9 Å². The van der Waals surface area contributed by atoms with Crippen molar-refractivity contribution >= 4 is 23.1 Å². The lowest BCUT2D eigenvalue weighted by molar-refractivity contribution is -0.142. The van der Waals surface area contributed by atoms with Gasteiger partial charge in [0.25, 0.3) is 11.7 Å². The zero-order chi connectivity index (χ0) is 23.3. The maximum atomic E-state index is 14.4. The highest BCUT2D eigenvalue weighted by molar-refractivity contribution is 6.53. The smallest absolute Gasteiger partial charge is 0.295 e. The molecule has 8 heteroatoms. The van der Waals surface area contributed by atoms with Crippen LogP contribution < -0.4 is 0 Å². The fourth-order valence-electron chi connectivity index (χ4n) is 3.71. The molecule has 1 amide bonds. The minimum atomic E-state index is -0.887. The van der Waals surface area contributed by atoms with E-state index in [-0.39, 0.29) is 29.8 Å². The van der Waals surface area contributed by atoms with E-state index in [2.05, 4.69) is 4.99 Å². The Bertz CT molecular complexity index is 1130. The monoisotopic (exact) mass is 436 g/mol. The van der Waals surface area contributed by atoms with Gasteiger partial charge in [0.2, 0.25) is 6.19 Å². The SMILES string of the molecule is C/C=C(/C(=O)C(=O)N1CCN(/C(=N/C#N)c2ccccc2)CC1)c1c(F)ccc(F)c1C. The number of carbonyl (C=O) groups excluding carboxylic acids is 2. The van der Waals surface area contributed by atoms with Gasteiger partial charge in [-0.25, -0.2) is 8.78 Å². The first kappa shape index (κ1) is 22.8. The summed E-state index contributed by atoms with van der Waals surface area (Å²) in [5.74, 6) is -2.58. The normalized spacial score (nSPS) is 14.8. The topological polar surface area (TPSA) is 76.8 Å². The number of hydrogen-bond donors (Lipinski definition) is 0. The average Bonchev–Trinajstić information content (AvgIpc) is 2.82. The van der Waals surface area contributed by atoms with E-state index in [1.165, 1.54) is 24.8 Å². The van der Waals surface area contributed by atoms with Crippen LogP contribution in [0.15, 0.2) is 53.5 Å². The van der Waals surface area contributed by atoms with Crippen LogP contribution in [0.4, 0.5) is 8.78 Å². The molecule has 0 aromatic heterocycles. The van der Waals surface area contributed by atoms with Crippen molar-refractivity contribution in [3.05, 3.63) is 76.9 Å². The molecule has 0 spiro atoms. The Labute approximate surface area is 185 Å². The standard InChI is InChI=1S/C24H22F2N4O2/c1-3-18(21-16(2)19(25)9-10-20(21)26)22(31)24(32)30-13-11-29(12-14-30)23(28-15-27)17-7-5-4-6-8-17/h3-10H,11-14H2,1-2H3/b18-3+,28-23+. The molecule has 0 aliphatic carbocycles. The Morgan fingerprint density at radius 2 is 1.59 bits per heavy atom. The molecule has 2 aromatic carbocycles. The molecule has 3 rings (SSSR count). The van der Waals surface area contributed by atoms with Gasteiger partial charge in [0.15, 0.2) is 0 Å². The summed E-state index contributed by atoms with van der Waals surface area (Å²) in [6, 6.07) is 11.1. The molecular formula is C24H22F2N4O2. The minimum Gasteiger partial charge on any atom is -0.352 e. The van der Waals surface area contributed by atoms with Gasteiger partial charge in [-0.05, 0) is 31.5 Å². The molecule has 1 saturated heterocycles. The number of aliphatic imine (C=N–C) groups is 1. The van der Waals surface area contributed by atoms with Crippen molar-refractivity contribution in [1.29, 1.82) is 5.26 Å². The molecule has 32 heavy (non-hydrogen) atoms. The van der Waals surface area contributed by atoms with Crippen LogP contribution in [0.3, 0.4) is 0 Å². The summed E-state index contributed by atoms with van der Waals surface area (Å²) in [6.07, 6.45) is 3.14. The second-order valence-electron chi connectivity index (χ2n) is 7.24. The number of amidine groups is 1. The van der Waals surface area contributed by atoms with Crippen molar-refractivity contribution in [2.75, 3.05) is 26.2 Å². The fourth-order valence-corrected chi connectivity index (χ4v) is 3.71. The summed E-state index contributed by atoms with van der Waals surface area (Å²) in [7, 11) is 0. The lowest BCUT2D eigenvalue weighted by Crippen LogP contribution is -2.52. The van der Waals surface area contributed by atoms with Gasteiger partial charge in [0.1, 0.15) is 17.5 Å². The lowest BCUT2D eigenvalue weighted by Gasteiger charge is -2.36. The van der Waals surface area contributed by atoms with E-state index in [4.69, 9.17) is 5.26 Å². The van der Waals surface area contributed by atoms with Crippen LogP contribution in [-0.4, -0.2) is 53.5 Å². The van der Waals surface area contributed by atoms with E-state index in [1.54, 1.807) is 0 Å². The number of Topliss-reactive ketones (excluding diaryl/α,β-unsaturated/α-hetero) is 1. The molecule has 0 unspecified atom stereocenters. The maximum absolute atomic E-state index is 14.4. The molecule has 6 nitrogen and oxygen atoms in total. The number of halogens is 2. The van der Waals surface area contributed by atoms with Gasteiger partial charge in [-0.2, -0.15) is 10.3 Å². The van der Waals surface area contributed by atoms with Gasteiger partial charge in [0, 0.05) is 42.9 Å². The number of carbonyl (C=O) groups is 2. The van der Waals surface area contributed by atoms with Crippen molar-refractivity contribution in [1.82, 2.24) is 9.80 Å². The van der Waals surface area contributed by atoms with Crippen molar-refractivity contribution in [3.8, 4) is 6.19 Å². The zero-order valence-corrected chi connectivity index (χ0v) is 17.8. The molecular weight excluding hydrogens is 414 g/mol. The van der Waals surface area contributed by atoms with E-state index >= 15 is 0 Å². The van der Waals surface area contributed by atoms with E-state index in [9.17, 15) is 18.4 Å². The minimum absolute atomic E-state index is 0.0238. The van der Waals surface area contributed by atoms with Gasteiger partial charge in [-0.1, -0.05) is 36.4 Å². The lowest BCUT2D eigenvalue weighted by atomic mass is 9.95. The van der Waals surface area contributed by atoms with Crippen LogP contribution >= 0.6 is 0 Å². The molecule has 1 aliphatic heterocycles. The number of allylic oxidation sites excluding steroid dienone is 1. The van der Waals surface area contributed by atoms with Crippen LogP contribution in [0.5, 0.6) is 0 Å². The highest BCUT2D eigenvalue weighted by Crippen LogP contribution is 2.26. The summed E-state index contributed by atoms with van der Waals surface area (Å²) in [5, 5.41) is 9.07. The number of nitrogens with zero attached hydrogens (tertiary/aromatic N) is 4. The van der Waals surface area contributed by atoms with Crippen molar-refractivity contribution in [3.63, 3.8) is 0 Å². The number of benzene rings is 2. The zero-order valence-electron chi connectivity index (χ0n) is 17.8. The second kappa shape index (κ2) is 9.96. The predicted molar refractivity (Wildman–Crippen MR) is 116 cm³/mol. The number of hydrogen-bond acceptors (Lipinski definition) is 4. The summed E-state index contributed by atoms with van der Waals surface area (Å²) in [4.78, 5) is 32.9. The summed E-state index contributed by atoms with van der Waals surface area (Å²) >= 11 is 0. The summed E-state index contributed by atoms with van der Waals surface area (Å²) in [5.41, 5.74) is 0.391. The molecule has 0 atom stereocenters. The van der Waals surface area contributed by atoms with Crippen LogP contribution in [0.2, 0.25) is 0 Å². The van der Waals surface area contributed by atoms with Gasteiger partial charge in [-0.15, -0.1) is 0 Å². The number of piperazine rings is 1. The highest BCUT2D eigenvalue weighted by atomic mass is 19.1. The van der Waals surface area contributed by atoms with E-state index in [1.807, 2.05) is 41.4 Å². The molecule has 0 N–H and O–H groups in total. The number of ketones is 1. The molecule has 0 saturated carbocycles. The van der Waals surface area contributed by atoms with E-state index < -0.39 is 23.3 Å². The van der Waals surface area contributed by atoms with Gasteiger partial charge >= 0.3 is 0 Å². The molecule has 1 aliphatic rings. The first-order chi connectivity index (χ1) is 15.4. The quantitative estimate of drug-likeness (QED) is 0.242. The van der Waals surface area contributed by atoms with Crippen LogP contribution in [0.25, 0.3) is 5.57 Å². The molecule has 0 radical (unpaired) electrons. The molecule has 2 aromatic rings. The third kappa shape index (κ3) is 4.57. The van der Waals surface area contributed by atoms with Crippen LogP contribution in [-0.2, 0) is 9.59 Å². The highest BCUT2D eigenvalue weighted by Gasteiger charge is 2.31. The maximum Gasteiger partial charge on any atom is 0.295 e. The van der Waals surface area contributed by atoms with Crippen molar-refractivity contribution in [2.45, 2.75) is 13.8 Å². The Morgan fingerprint density at radius 1 is 1.00 bits per heavy atom. The first-order valence-corrected chi connectivity index (χ1v) is 10.1. The Hall–Kier alpha value is -3.86. The van der Waals surface area contributed by atoms with Crippen LogP contribution in [0.1, 0.15) is 23.6 Å². The molecule has 1 fully saturated rings. The number of amides is 1. The van der Waals surface area contributed by atoms with E-state index in [0.717, 1.165) is 17.7 Å². The number of rotatable bonds is 4. The first-order valence-electron chi connectivity index (χ1n) is 10.1. The van der Waals surface area contributed by atoms with Crippen LogP contribution in [0, 0.1) is 30.0 Å². The van der Waals surface area contributed by atoms with Crippen molar-refractivity contribution in [2.24, 2.45) is 4.99 Å². The number of nitriles is 1. The van der Waals surface area contributed by atoms with Crippen molar-refractivity contribution < 1.29 is 18.4 Å². The average molecular weight is 436 g/mol. The fraction of sp³-hybridized carbons (Fsp3) is 0.250. The second-order valence-corrected chi connectivity index (χ2v) is 7.24. The van der Waals surface area contributed by atoms with Gasteiger partial charge in [0.05, 0.1) is 0 Å². The Balaban J connectivity index is 1.75. The summed E-state index contributed by atoms with van der Waals surface area (Å²) in [6.45, 7) is 4.06. The Morgan fingerprint density at radius 3 is 2.19 bits per heavy atom. The van der Waals surface area contributed by atoms with Gasteiger partial charge < -0.3 is 9.80 Å². The summed E-state index contributed by atoms with van der Waals surface area (Å²) < 4.78 is 28.3. The molecule has 164 valence electrons. The third-order valence-corrected chi connectivity index (χ3v) is 5.40. The predicted octanol–water partition coefficient (Wildman–Crippen LogP) is 3.32. The largest absolute Gasteiger partial charge is 0.352 e. The Kier molecular flexibility index (Phi) is 7.11. The molecule has 1 heterocycles.